The van der Waals surface area contributed by atoms with Gasteiger partial charge in [0.05, 0.1) is 0 Å². The molecule has 0 aromatic rings. The lowest BCUT2D eigenvalue weighted by molar-refractivity contribution is -0.148. The van der Waals surface area contributed by atoms with Crippen molar-refractivity contribution in [3.8, 4) is 0 Å². The molecule has 0 aromatic heterocycles. The second-order valence-corrected chi connectivity index (χ2v) is 16.0. The molecule has 0 aliphatic rings. The van der Waals surface area contributed by atoms with E-state index in [1.54, 1.807) is 6.08 Å². The van der Waals surface area contributed by atoms with E-state index in [4.69, 9.17) is 9.16 Å². The van der Waals surface area contributed by atoms with Gasteiger partial charge in [-0.3, -0.25) is 0 Å². The maximum absolute atomic E-state index is 11.9. The third-order valence-corrected chi connectivity index (χ3v) is 10.0. The minimum absolute atomic E-state index is 0.271. The van der Waals surface area contributed by atoms with Gasteiger partial charge in [0.1, 0.15) is 5.60 Å². The van der Waals surface area contributed by atoms with Crippen molar-refractivity contribution < 1.29 is 14.0 Å². The van der Waals surface area contributed by atoms with Crippen molar-refractivity contribution in [2.45, 2.75) is 118 Å². The molecule has 0 N–H and O–H groups in total. The fraction of sp³-hybridized carbons (Fsp3) is 0.800. The van der Waals surface area contributed by atoms with Crippen LogP contribution >= 0.6 is 0 Å². The third kappa shape index (κ3) is 13.9. The molecule has 3 nitrogen and oxygen atoms in total. The summed E-state index contributed by atoms with van der Waals surface area (Å²) in [6.45, 7) is 24.5. The lowest BCUT2D eigenvalue weighted by Gasteiger charge is -2.36. The molecule has 4 heteroatoms. The van der Waals surface area contributed by atoms with E-state index < -0.39 is 13.9 Å². The van der Waals surface area contributed by atoms with E-state index in [0.717, 1.165) is 25.0 Å². The lowest BCUT2D eigenvalue weighted by Crippen LogP contribution is -2.40. The molecule has 0 aliphatic carbocycles. The zero-order valence-electron chi connectivity index (χ0n) is 21.2. The first-order valence-corrected chi connectivity index (χ1v) is 14.2. The average molecular weight is 425 g/mol. The Morgan fingerprint density at radius 3 is 2.07 bits per heavy atom. The molecule has 170 valence electrons. The van der Waals surface area contributed by atoms with E-state index >= 15 is 0 Å². The summed E-state index contributed by atoms with van der Waals surface area (Å²) in [7, 11) is -1.60. The summed E-state index contributed by atoms with van der Waals surface area (Å²) in [5.74, 6) is 0.383. The molecule has 0 saturated heterocycles. The van der Waals surface area contributed by atoms with Crippen LogP contribution in [0.25, 0.3) is 0 Å². The fourth-order valence-electron chi connectivity index (χ4n) is 2.97. The summed E-state index contributed by atoms with van der Waals surface area (Å²) in [4.78, 5) is 11.9. The molecule has 0 saturated carbocycles. The number of carbonyl (C=O) groups is 1. The van der Waals surface area contributed by atoms with Crippen LogP contribution in [0.2, 0.25) is 18.1 Å². The molecule has 0 aliphatic heterocycles. The number of hydrogen-bond acceptors (Lipinski definition) is 3. The fourth-order valence-corrected chi connectivity index (χ4v) is 4.06. The molecule has 0 spiro atoms. The number of allylic oxidation sites excluding steroid dienone is 3. The second-order valence-electron chi connectivity index (χ2n) is 11.2. The van der Waals surface area contributed by atoms with Crippen LogP contribution in [0.5, 0.6) is 0 Å². The Morgan fingerprint density at radius 2 is 1.55 bits per heavy atom. The SMILES string of the molecule is CC(=C\C(=O)OC(C)(C)C)/C=C(\C)C[C@H](C)CCCCCO[Si](C)(C)C(C)(C)C. The number of carbonyl (C=O) groups excluding carboxylic acids is 1. The predicted octanol–water partition coefficient (Wildman–Crippen LogP) is 7.83. The van der Waals surface area contributed by atoms with Gasteiger partial charge in [0.15, 0.2) is 8.32 Å². The first kappa shape index (κ1) is 28.1. The summed E-state index contributed by atoms with van der Waals surface area (Å²) < 4.78 is 11.6. The van der Waals surface area contributed by atoms with Crippen molar-refractivity contribution >= 4 is 14.3 Å². The van der Waals surface area contributed by atoms with Crippen LogP contribution < -0.4 is 0 Å². The molecule has 0 fully saturated rings. The highest BCUT2D eigenvalue weighted by Gasteiger charge is 2.36. The third-order valence-electron chi connectivity index (χ3n) is 5.51. The van der Waals surface area contributed by atoms with Crippen LogP contribution in [0.15, 0.2) is 23.3 Å². The minimum Gasteiger partial charge on any atom is -0.457 e. The number of hydrogen-bond donors (Lipinski definition) is 0. The average Bonchev–Trinajstić information content (AvgIpc) is 2.46. The van der Waals surface area contributed by atoms with Gasteiger partial charge in [-0.05, 0) is 77.1 Å². The van der Waals surface area contributed by atoms with Crippen molar-refractivity contribution in [3.63, 3.8) is 0 Å². The summed E-state index contributed by atoms with van der Waals surface area (Å²) in [5.41, 5.74) is 1.82. The number of unbranched alkanes of at least 4 members (excludes halogenated alkanes) is 2. The van der Waals surface area contributed by atoms with Crippen LogP contribution in [0.3, 0.4) is 0 Å². The largest absolute Gasteiger partial charge is 0.457 e. The standard InChI is InChI=1S/C25H48O3Si/c1-20(15-13-12-14-16-27-29(10,11)25(7,8)9)17-21(2)18-22(3)19-23(26)28-24(4,5)6/h18-20H,12-17H2,1-11H3/b21-18+,22-19+/t20-/m1/s1. The summed E-state index contributed by atoms with van der Waals surface area (Å²) in [5, 5.41) is 0.293. The monoisotopic (exact) mass is 424 g/mol. The molecule has 0 rings (SSSR count). The molecule has 29 heavy (non-hydrogen) atoms. The van der Waals surface area contributed by atoms with E-state index in [1.165, 1.54) is 24.8 Å². The van der Waals surface area contributed by atoms with Crippen LogP contribution in [-0.2, 0) is 14.0 Å². The van der Waals surface area contributed by atoms with Gasteiger partial charge in [-0.25, -0.2) is 4.79 Å². The Balaban J connectivity index is 4.20. The molecular weight excluding hydrogens is 376 g/mol. The molecule has 0 aromatic carbocycles. The van der Waals surface area contributed by atoms with Gasteiger partial charge in [-0.15, -0.1) is 0 Å². The van der Waals surface area contributed by atoms with E-state index in [0.29, 0.717) is 11.0 Å². The topological polar surface area (TPSA) is 35.5 Å². The predicted molar refractivity (Wildman–Crippen MR) is 129 cm³/mol. The molecular formula is C25H48O3Si. The minimum atomic E-state index is -1.60. The molecule has 0 unspecified atom stereocenters. The van der Waals surface area contributed by atoms with Crippen molar-refractivity contribution in [2.75, 3.05) is 6.61 Å². The van der Waals surface area contributed by atoms with E-state index in [9.17, 15) is 4.79 Å². The van der Waals surface area contributed by atoms with Gasteiger partial charge in [-0.1, -0.05) is 58.6 Å². The van der Waals surface area contributed by atoms with Crippen LogP contribution in [0.1, 0.15) is 94.4 Å². The first-order chi connectivity index (χ1) is 13.0. The van der Waals surface area contributed by atoms with Gasteiger partial charge in [0, 0.05) is 12.7 Å². The maximum Gasteiger partial charge on any atom is 0.331 e. The van der Waals surface area contributed by atoms with Crippen molar-refractivity contribution in [2.24, 2.45) is 5.92 Å². The Kier molecular flexibility index (Phi) is 11.7. The normalized spacial score (nSPS) is 15.4. The van der Waals surface area contributed by atoms with E-state index in [1.807, 2.05) is 27.7 Å². The molecule has 0 bridgehead atoms. The number of esters is 1. The molecule has 0 radical (unpaired) electrons. The smallest absolute Gasteiger partial charge is 0.331 e. The highest BCUT2D eigenvalue weighted by molar-refractivity contribution is 6.74. The van der Waals surface area contributed by atoms with Gasteiger partial charge < -0.3 is 9.16 Å². The Bertz CT molecular complexity index is 560. The molecule has 0 amide bonds. The van der Waals surface area contributed by atoms with E-state index in [2.05, 4.69) is 53.8 Å². The van der Waals surface area contributed by atoms with E-state index in [-0.39, 0.29) is 5.97 Å². The zero-order chi connectivity index (χ0) is 22.9. The van der Waals surface area contributed by atoms with Gasteiger partial charge in [0.2, 0.25) is 0 Å². The number of rotatable bonds is 11. The van der Waals surface area contributed by atoms with Crippen LogP contribution in [0.4, 0.5) is 0 Å². The summed E-state index contributed by atoms with van der Waals surface area (Å²) in [6.07, 6.45) is 9.64. The highest BCUT2D eigenvalue weighted by atomic mass is 28.4. The first-order valence-electron chi connectivity index (χ1n) is 11.3. The Hall–Kier alpha value is -0.873. The Labute approximate surface area is 182 Å². The quantitative estimate of drug-likeness (QED) is 0.111. The second kappa shape index (κ2) is 12.1. The highest BCUT2D eigenvalue weighted by Crippen LogP contribution is 2.36. The van der Waals surface area contributed by atoms with Crippen LogP contribution in [0, 0.1) is 5.92 Å². The van der Waals surface area contributed by atoms with Crippen molar-refractivity contribution in [3.05, 3.63) is 23.3 Å². The van der Waals surface area contributed by atoms with Gasteiger partial charge >= 0.3 is 5.97 Å². The zero-order valence-corrected chi connectivity index (χ0v) is 22.2. The van der Waals surface area contributed by atoms with Crippen LogP contribution in [-0.4, -0.2) is 26.5 Å². The maximum atomic E-state index is 11.9. The van der Waals surface area contributed by atoms with Crippen molar-refractivity contribution in [1.29, 1.82) is 0 Å². The van der Waals surface area contributed by atoms with Gasteiger partial charge in [-0.2, -0.15) is 0 Å². The number of ether oxygens (including phenoxy) is 1. The summed E-state index contributed by atoms with van der Waals surface area (Å²) >= 11 is 0. The summed E-state index contributed by atoms with van der Waals surface area (Å²) in [6, 6.07) is 0. The van der Waals surface area contributed by atoms with Gasteiger partial charge in [0.25, 0.3) is 0 Å². The lowest BCUT2D eigenvalue weighted by atomic mass is 9.95. The Morgan fingerprint density at radius 1 is 0.966 bits per heavy atom. The van der Waals surface area contributed by atoms with Crippen molar-refractivity contribution in [1.82, 2.24) is 0 Å². The molecule has 0 heterocycles. The molecule has 1 atom stereocenters.